The molecule has 0 heterocycles. The van der Waals surface area contributed by atoms with Gasteiger partial charge in [-0.3, -0.25) is 4.52 Å². The number of halogens is 6. The molecule has 8 nitrogen and oxygen atoms in total. The average molecular weight is 384 g/mol. The highest BCUT2D eigenvalue weighted by Crippen LogP contribution is 2.50. The van der Waals surface area contributed by atoms with Crippen LogP contribution in [0.4, 0.5) is 26.3 Å². The van der Waals surface area contributed by atoms with E-state index in [1.807, 2.05) is 0 Å². The van der Waals surface area contributed by atoms with Crippen molar-refractivity contribution in [3.63, 3.8) is 0 Å². The maximum absolute atomic E-state index is 13.7. The van der Waals surface area contributed by atoms with Crippen LogP contribution in [0.25, 0.3) is 0 Å². The lowest BCUT2D eigenvalue weighted by molar-refractivity contribution is -0.352. The van der Waals surface area contributed by atoms with Gasteiger partial charge in [-0.15, -0.1) is 0 Å². The van der Waals surface area contributed by atoms with Crippen molar-refractivity contribution in [1.29, 1.82) is 0 Å². The minimum Gasteiger partial charge on any atom is -0.790 e. The van der Waals surface area contributed by atoms with Gasteiger partial charge in [-0.05, 0) is 6.92 Å². The number of phosphoric acid groups is 2. The maximum Gasteiger partial charge on any atom is 0.470 e. The zero-order chi connectivity index (χ0) is 18.1. The summed E-state index contributed by atoms with van der Waals surface area (Å²) in [4.78, 5) is 37.3. The van der Waals surface area contributed by atoms with Crippen LogP contribution < -0.4 is 9.79 Å². The summed E-state index contributed by atoms with van der Waals surface area (Å²) >= 11 is 0. The van der Waals surface area contributed by atoms with Crippen LogP contribution in [0, 0.1) is 0 Å². The van der Waals surface area contributed by atoms with Crippen LogP contribution in [0.1, 0.15) is 6.92 Å². The Morgan fingerprint density at radius 2 is 1.45 bits per heavy atom. The lowest BCUT2D eigenvalue weighted by Gasteiger charge is -2.40. The Hall–Kier alpha value is -0.200. The second-order valence-electron chi connectivity index (χ2n) is 3.84. The van der Waals surface area contributed by atoms with Crippen molar-refractivity contribution in [2.45, 2.75) is 37.4 Å². The highest BCUT2D eigenvalue weighted by Gasteiger charge is 2.70. The van der Waals surface area contributed by atoms with E-state index in [1.165, 1.54) is 0 Å². The van der Waals surface area contributed by atoms with E-state index in [0.717, 1.165) is 0 Å². The minimum absolute atomic E-state index is 0.172. The van der Waals surface area contributed by atoms with Crippen molar-refractivity contribution < 1.29 is 64.1 Å². The van der Waals surface area contributed by atoms with Gasteiger partial charge in [-0.25, -0.2) is 17.7 Å². The molecule has 134 valence electrons. The first kappa shape index (κ1) is 21.8. The van der Waals surface area contributed by atoms with Crippen molar-refractivity contribution in [3.8, 4) is 0 Å². The van der Waals surface area contributed by atoms with E-state index in [0.29, 0.717) is 0 Å². The predicted molar refractivity (Wildman–Crippen MR) is 51.0 cm³/mol. The molecule has 0 fully saturated rings. The Labute approximate surface area is 118 Å². The number of hydrogen-bond acceptors (Lipinski definition) is 6. The van der Waals surface area contributed by atoms with Crippen LogP contribution in [0.15, 0.2) is 0 Å². The maximum atomic E-state index is 13.7. The van der Waals surface area contributed by atoms with Gasteiger partial charge in [0.2, 0.25) is 0 Å². The third-order valence-corrected chi connectivity index (χ3v) is 3.23. The molecule has 0 saturated carbocycles. The van der Waals surface area contributed by atoms with E-state index in [2.05, 4.69) is 9.05 Å². The summed E-state index contributed by atoms with van der Waals surface area (Å²) in [5, 5.41) is 0. The highest BCUT2D eigenvalue weighted by atomic mass is 31.2. The van der Waals surface area contributed by atoms with Crippen molar-refractivity contribution in [1.82, 2.24) is 0 Å². The van der Waals surface area contributed by atoms with Gasteiger partial charge in [0.1, 0.15) is 6.10 Å². The molecule has 0 bridgehead atoms. The zero-order valence-electron chi connectivity index (χ0n) is 10.2. The van der Waals surface area contributed by atoms with Crippen LogP contribution in [0.3, 0.4) is 0 Å². The van der Waals surface area contributed by atoms with E-state index >= 15 is 0 Å². The molecule has 3 atom stereocenters. The molecule has 0 aliphatic rings. The zero-order valence-corrected chi connectivity index (χ0v) is 12.0. The number of hydrogen-bond donors (Lipinski definition) is 2. The summed E-state index contributed by atoms with van der Waals surface area (Å²) in [6.45, 7) is 0.172. The molecule has 0 aromatic carbocycles. The summed E-state index contributed by atoms with van der Waals surface area (Å²) in [5.74, 6) is 0. The fraction of sp³-hybridized carbons (Fsp3) is 1.00. The van der Waals surface area contributed by atoms with Crippen molar-refractivity contribution >= 4 is 15.6 Å². The Morgan fingerprint density at radius 3 is 1.68 bits per heavy atom. The molecule has 0 aliphatic carbocycles. The van der Waals surface area contributed by atoms with Crippen LogP contribution in [0.2, 0.25) is 0 Å². The summed E-state index contributed by atoms with van der Waals surface area (Å²) in [7, 11) is -12.1. The third kappa shape index (κ3) is 5.78. The van der Waals surface area contributed by atoms with Gasteiger partial charge in [0.25, 0.3) is 12.1 Å². The van der Waals surface area contributed by atoms with E-state index in [4.69, 9.17) is 9.79 Å². The molecule has 0 amide bonds. The molecule has 0 radical (unpaired) electrons. The SMILES string of the molecule is CC(OP(=O)([O-])[O-])C(OP(=O)(O)O)C(F)(C(F)F)C(F)(F)F. The monoisotopic (exact) mass is 384 g/mol. The first-order chi connectivity index (χ1) is 9.42. The van der Waals surface area contributed by atoms with Gasteiger partial charge in [-0.2, -0.15) is 13.2 Å². The predicted octanol–water partition coefficient (Wildman–Crippen LogP) is 0.234. The molecule has 0 aromatic rings. The molecular formula is C6H8F6O8P2-2. The molecule has 0 aromatic heterocycles. The fourth-order valence-corrected chi connectivity index (χ4v) is 2.46. The average Bonchev–Trinajstić information content (AvgIpc) is 2.18. The summed E-state index contributed by atoms with van der Waals surface area (Å²) in [5.41, 5.74) is -5.72. The quantitative estimate of drug-likeness (QED) is 0.470. The summed E-state index contributed by atoms with van der Waals surface area (Å²) in [6.07, 6.45) is -18.1. The van der Waals surface area contributed by atoms with E-state index in [-0.39, 0.29) is 6.92 Å². The molecule has 16 heteroatoms. The van der Waals surface area contributed by atoms with Gasteiger partial charge in [0.15, 0.2) is 0 Å². The van der Waals surface area contributed by atoms with Crippen molar-refractivity contribution in [3.05, 3.63) is 0 Å². The normalized spacial score (nSPS) is 19.8. The van der Waals surface area contributed by atoms with Gasteiger partial charge < -0.3 is 28.7 Å². The third-order valence-electron chi connectivity index (χ3n) is 2.14. The Bertz CT molecular complexity index is 472. The van der Waals surface area contributed by atoms with Gasteiger partial charge in [0, 0.05) is 0 Å². The number of phosphoric ester groups is 2. The molecule has 3 unspecified atom stereocenters. The minimum atomic E-state index is -6.44. The van der Waals surface area contributed by atoms with Gasteiger partial charge >= 0.3 is 14.0 Å². The summed E-state index contributed by atoms with van der Waals surface area (Å²) in [6, 6.07) is 0. The first-order valence-corrected chi connectivity index (χ1v) is 7.89. The van der Waals surface area contributed by atoms with Gasteiger partial charge in [-0.1, -0.05) is 0 Å². The van der Waals surface area contributed by atoms with Crippen LogP contribution >= 0.6 is 15.6 Å². The lowest BCUT2D eigenvalue weighted by atomic mass is 9.95. The van der Waals surface area contributed by atoms with Gasteiger partial charge in [0.05, 0.1) is 13.9 Å². The smallest absolute Gasteiger partial charge is 0.470 e. The van der Waals surface area contributed by atoms with E-state index < -0.39 is 46.1 Å². The van der Waals surface area contributed by atoms with Crippen molar-refractivity contribution in [2.75, 3.05) is 0 Å². The molecule has 22 heavy (non-hydrogen) atoms. The molecular weight excluding hydrogens is 376 g/mol. The molecule has 0 aliphatic heterocycles. The molecule has 0 spiro atoms. The Kier molecular flexibility index (Phi) is 6.67. The van der Waals surface area contributed by atoms with Crippen LogP contribution in [-0.2, 0) is 18.2 Å². The first-order valence-electron chi connectivity index (χ1n) is 4.90. The topological polar surface area (TPSA) is 139 Å². The summed E-state index contributed by atoms with van der Waals surface area (Å²) < 4.78 is 104. The van der Waals surface area contributed by atoms with E-state index in [9.17, 15) is 45.3 Å². The fourth-order valence-electron chi connectivity index (χ4n) is 1.32. The number of rotatable bonds is 7. The second kappa shape index (κ2) is 6.73. The van der Waals surface area contributed by atoms with E-state index in [1.54, 1.807) is 0 Å². The highest BCUT2D eigenvalue weighted by molar-refractivity contribution is 7.46. The molecule has 2 N–H and O–H groups in total. The largest absolute Gasteiger partial charge is 0.790 e. The lowest BCUT2D eigenvalue weighted by Crippen LogP contribution is -2.60. The molecule has 0 rings (SSSR count). The molecule has 0 saturated heterocycles. The second-order valence-corrected chi connectivity index (χ2v) is 6.14. The van der Waals surface area contributed by atoms with Crippen molar-refractivity contribution in [2.24, 2.45) is 0 Å². The van der Waals surface area contributed by atoms with Crippen LogP contribution in [0.5, 0.6) is 0 Å². The Balaban J connectivity index is 5.93. The Morgan fingerprint density at radius 1 is 1.05 bits per heavy atom. The standard InChI is InChI=1S/C6H10F6O8P2/c1-2(19-21(13,14)15)3(20-22(16,17)18)5(9,4(7)8)6(10,11)12/h2-4H,1H3,(H2,13,14,15)(H2,16,17,18)/p-2. The number of alkyl halides is 6. The van der Waals surface area contributed by atoms with Crippen LogP contribution in [-0.4, -0.2) is 40.3 Å².